The van der Waals surface area contributed by atoms with E-state index in [0.717, 1.165) is 73.2 Å². The van der Waals surface area contributed by atoms with Gasteiger partial charge in [-0.25, -0.2) is 0 Å². The number of rotatable bonds is 22. The third-order valence-electron chi connectivity index (χ3n) is 10.3. The molecule has 0 heterocycles. The fourth-order valence-corrected chi connectivity index (χ4v) is 15.5. The van der Waals surface area contributed by atoms with E-state index in [9.17, 15) is 10.5 Å². The highest BCUT2D eigenvalue weighted by atomic mass is 28.3. The van der Waals surface area contributed by atoms with Crippen LogP contribution >= 0.6 is 0 Å². The number of unbranched alkanes of at least 4 members (excludes halogenated alkanes) is 8. The molecule has 0 atom stereocenters. The lowest BCUT2D eigenvalue weighted by atomic mass is 10.1. The predicted molar refractivity (Wildman–Crippen MR) is 211 cm³/mol. The molecule has 0 aliphatic carbocycles. The lowest BCUT2D eigenvalue weighted by Gasteiger charge is -2.34. The summed E-state index contributed by atoms with van der Waals surface area (Å²) in [5.74, 6) is 8.95. The third-order valence-corrected chi connectivity index (χ3v) is 22.1. The molecule has 1 aromatic rings. The first-order valence-electron chi connectivity index (χ1n) is 19.2. The number of nitrogens with zero attached hydrogens (tertiary/aromatic N) is 2. The van der Waals surface area contributed by atoms with Crippen LogP contribution in [-0.4, -0.2) is 29.4 Å². The highest BCUT2D eigenvalue weighted by Gasteiger charge is 2.39. The Balaban J connectivity index is 3.91. The minimum atomic E-state index is -2.05. The Kier molecular flexibility index (Phi) is 21.4. The summed E-state index contributed by atoms with van der Waals surface area (Å²) in [7, 11) is -4.10. The summed E-state index contributed by atoms with van der Waals surface area (Å²) in [6.07, 6.45) is 12.1. The first kappa shape index (κ1) is 43.4. The largest absolute Gasteiger partial charge is 0.492 e. The van der Waals surface area contributed by atoms with Crippen molar-refractivity contribution in [2.24, 2.45) is 0 Å². The van der Waals surface area contributed by atoms with Gasteiger partial charge in [-0.05, 0) is 59.9 Å². The summed E-state index contributed by atoms with van der Waals surface area (Å²) in [6, 6.07) is 11.0. The van der Waals surface area contributed by atoms with Crippen LogP contribution in [0.5, 0.6) is 11.5 Å². The Morgan fingerprint density at radius 1 is 0.542 bits per heavy atom. The number of benzene rings is 1. The van der Waals surface area contributed by atoms with Crippen molar-refractivity contribution in [3.8, 4) is 46.6 Å². The SMILES string of the molecule is CCCCCCOc1cc(C#C[Si](CCCC#N)(C(C)C)C(C)C)c(OCCCCCC)cc1C#C[Si](CCCC#N)(C(C)C)C(C)C. The van der Waals surface area contributed by atoms with Crippen molar-refractivity contribution >= 4 is 16.1 Å². The lowest BCUT2D eigenvalue weighted by Crippen LogP contribution is -2.40. The van der Waals surface area contributed by atoms with Crippen molar-refractivity contribution < 1.29 is 9.47 Å². The van der Waals surface area contributed by atoms with E-state index in [-0.39, 0.29) is 0 Å². The minimum Gasteiger partial charge on any atom is -0.492 e. The van der Waals surface area contributed by atoms with Gasteiger partial charge in [0.15, 0.2) is 0 Å². The molecule has 0 fully saturated rings. The Hall–Kier alpha value is -2.65. The summed E-state index contributed by atoms with van der Waals surface area (Å²) in [4.78, 5) is 0. The molecule has 0 N–H and O–H groups in total. The van der Waals surface area contributed by atoms with Gasteiger partial charge < -0.3 is 9.47 Å². The van der Waals surface area contributed by atoms with E-state index in [4.69, 9.17) is 9.47 Å². The van der Waals surface area contributed by atoms with Gasteiger partial charge in [-0.1, -0.05) is 120 Å². The van der Waals surface area contributed by atoms with Gasteiger partial charge in [0.1, 0.15) is 27.6 Å². The van der Waals surface area contributed by atoms with Gasteiger partial charge in [-0.15, -0.1) is 11.1 Å². The maximum Gasteiger partial charge on any atom is 0.143 e. The van der Waals surface area contributed by atoms with E-state index in [1.165, 1.54) is 25.7 Å². The Labute approximate surface area is 298 Å². The normalized spacial score (nSPS) is 11.6. The number of hydrogen-bond acceptors (Lipinski definition) is 4. The molecule has 0 bridgehead atoms. The van der Waals surface area contributed by atoms with Gasteiger partial charge in [0, 0.05) is 25.0 Å². The fraction of sp³-hybridized carbons (Fsp3) is 0.714. The Morgan fingerprint density at radius 3 is 1.19 bits per heavy atom. The Bertz CT molecular complexity index is 1170. The van der Waals surface area contributed by atoms with Crippen LogP contribution in [0.1, 0.15) is 157 Å². The van der Waals surface area contributed by atoms with E-state index in [1.54, 1.807) is 0 Å². The van der Waals surface area contributed by atoms with Crippen molar-refractivity contribution in [2.75, 3.05) is 13.2 Å². The molecule has 4 nitrogen and oxygen atoms in total. The maximum absolute atomic E-state index is 9.28. The molecule has 0 aliphatic rings. The summed E-state index contributed by atoms with van der Waals surface area (Å²) in [6.45, 7) is 24.3. The minimum absolute atomic E-state index is 0.479. The topological polar surface area (TPSA) is 66.0 Å². The standard InChI is InChI=1S/C42H68N2O2Si2/c1-11-13-15-19-27-45-41-33-40(24-32-48(37(7)8,38(9)10)30-22-18-26-44)42(46-28-20-16-14-12-2)34-39(41)23-31-47(35(3)4,36(5)6)29-21-17-25-43/h33-38H,11-22,27-30H2,1-10H3. The zero-order chi connectivity index (χ0) is 36.0. The zero-order valence-corrected chi connectivity index (χ0v) is 34.5. The number of nitriles is 2. The van der Waals surface area contributed by atoms with Gasteiger partial charge in [0.25, 0.3) is 0 Å². The van der Waals surface area contributed by atoms with E-state index >= 15 is 0 Å². The van der Waals surface area contributed by atoms with Gasteiger partial charge in [0.2, 0.25) is 0 Å². The van der Waals surface area contributed by atoms with Crippen molar-refractivity contribution in [1.29, 1.82) is 10.5 Å². The molecule has 0 saturated carbocycles. The fourth-order valence-electron chi connectivity index (χ4n) is 6.89. The molecule has 6 heteroatoms. The highest BCUT2D eigenvalue weighted by Crippen LogP contribution is 2.39. The Morgan fingerprint density at radius 2 is 0.896 bits per heavy atom. The summed E-state index contributed by atoms with van der Waals surface area (Å²) in [5.41, 5.74) is 11.5. The monoisotopic (exact) mass is 688 g/mol. The highest BCUT2D eigenvalue weighted by molar-refractivity contribution is 6.90. The maximum atomic E-state index is 9.28. The van der Waals surface area contributed by atoms with Crippen LogP contribution in [-0.2, 0) is 0 Å². The predicted octanol–water partition coefficient (Wildman–Crippen LogP) is 12.5. The third kappa shape index (κ3) is 13.7. The second-order valence-electron chi connectivity index (χ2n) is 14.9. The quantitative estimate of drug-likeness (QED) is 0.0691. The molecule has 0 unspecified atom stereocenters. The van der Waals surface area contributed by atoms with Crippen LogP contribution in [0.2, 0.25) is 34.3 Å². The number of ether oxygens (including phenoxy) is 2. The molecule has 48 heavy (non-hydrogen) atoms. The first-order valence-corrected chi connectivity index (χ1v) is 23.9. The molecule has 1 rings (SSSR count). The van der Waals surface area contributed by atoms with E-state index in [1.807, 2.05) is 0 Å². The molecular formula is C42H68N2O2Si2. The molecule has 0 amide bonds. The first-order chi connectivity index (χ1) is 22.9. The van der Waals surface area contributed by atoms with Crippen LogP contribution in [0.15, 0.2) is 12.1 Å². The van der Waals surface area contributed by atoms with Gasteiger partial charge in [-0.3, -0.25) is 0 Å². The van der Waals surface area contributed by atoms with E-state index in [0.29, 0.717) is 48.2 Å². The second-order valence-corrected chi connectivity index (χ2v) is 25.2. The molecule has 0 saturated heterocycles. The molecule has 0 aromatic heterocycles. The zero-order valence-electron chi connectivity index (χ0n) is 32.5. The summed E-state index contributed by atoms with van der Waals surface area (Å²) < 4.78 is 13.1. The van der Waals surface area contributed by atoms with Crippen LogP contribution in [0.25, 0.3) is 0 Å². The average Bonchev–Trinajstić information content (AvgIpc) is 3.04. The summed E-state index contributed by atoms with van der Waals surface area (Å²) >= 11 is 0. The van der Waals surface area contributed by atoms with E-state index in [2.05, 4.69) is 116 Å². The van der Waals surface area contributed by atoms with Crippen LogP contribution < -0.4 is 9.47 Å². The summed E-state index contributed by atoms with van der Waals surface area (Å²) in [5, 5.41) is 18.6. The van der Waals surface area contributed by atoms with Gasteiger partial charge in [-0.2, -0.15) is 10.5 Å². The molecule has 1 aromatic carbocycles. The van der Waals surface area contributed by atoms with Gasteiger partial charge >= 0.3 is 0 Å². The molecular weight excluding hydrogens is 621 g/mol. The molecule has 0 spiro atoms. The van der Waals surface area contributed by atoms with Crippen molar-refractivity contribution in [3.05, 3.63) is 23.3 Å². The molecule has 266 valence electrons. The average molecular weight is 689 g/mol. The number of hydrogen-bond donors (Lipinski definition) is 0. The molecule has 0 aliphatic heterocycles. The van der Waals surface area contributed by atoms with Crippen molar-refractivity contribution in [1.82, 2.24) is 0 Å². The molecule has 0 radical (unpaired) electrons. The van der Waals surface area contributed by atoms with Gasteiger partial charge in [0.05, 0.1) is 36.5 Å². The van der Waals surface area contributed by atoms with Crippen LogP contribution in [0.4, 0.5) is 0 Å². The van der Waals surface area contributed by atoms with E-state index < -0.39 is 16.1 Å². The smallest absolute Gasteiger partial charge is 0.143 e. The second kappa shape index (κ2) is 23.7. The van der Waals surface area contributed by atoms with Crippen LogP contribution in [0, 0.1) is 45.6 Å². The van der Waals surface area contributed by atoms with Crippen LogP contribution in [0.3, 0.4) is 0 Å². The van der Waals surface area contributed by atoms with Crippen molar-refractivity contribution in [2.45, 2.75) is 181 Å². The van der Waals surface area contributed by atoms with Crippen molar-refractivity contribution in [3.63, 3.8) is 0 Å². The lowest BCUT2D eigenvalue weighted by molar-refractivity contribution is 0.295.